The fraction of sp³-hybridized carbons (Fsp3) is 0.118. The molecule has 0 saturated carbocycles. The highest BCUT2D eigenvalue weighted by Gasteiger charge is 2.35. The second-order valence-corrected chi connectivity index (χ2v) is 6.10. The average molecular weight is 326 g/mol. The average Bonchev–Trinajstić information content (AvgIpc) is 2.79. The van der Waals surface area contributed by atoms with E-state index in [0.717, 1.165) is 9.80 Å². The predicted molar refractivity (Wildman–Crippen MR) is 88.7 cm³/mol. The minimum Gasteiger partial charge on any atom is -0.325 e. The lowest BCUT2D eigenvalue weighted by Crippen LogP contribution is -2.24. The lowest BCUT2D eigenvalue weighted by molar-refractivity contribution is -0.113. The highest BCUT2D eigenvalue weighted by atomic mass is 32.2. The van der Waals surface area contributed by atoms with Crippen molar-refractivity contribution in [2.75, 3.05) is 18.1 Å². The van der Waals surface area contributed by atoms with Crippen LogP contribution in [0.1, 0.15) is 20.7 Å². The monoisotopic (exact) mass is 326 g/mol. The van der Waals surface area contributed by atoms with Gasteiger partial charge in [-0.1, -0.05) is 24.3 Å². The SMILES string of the molecule is CN1C(=O)c2cccc(NC(=O)CSc3ccccc3)c2C1=O. The Hall–Kier alpha value is -2.60. The number of benzene rings is 2. The zero-order valence-electron chi connectivity index (χ0n) is 12.4. The quantitative estimate of drug-likeness (QED) is 0.693. The number of anilines is 1. The van der Waals surface area contributed by atoms with Crippen molar-refractivity contribution < 1.29 is 14.4 Å². The van der Waals surface area contributed by atoms with Crippen molar-refractivity contribution >= 4 is 35.2 Å². The Morgan fingerprint density at radius 2 is 1.78 bits per heavy atom. The lowest BCUT2D eigenvalue weighted by Gasteiger charge is -2.09. The Morgan fingerprint density at radius 3 is 2.52 bits per heavy atom. The molecule has 0 radical (unpaired) electrons. The molecular weight excluding hydrogens is 312 g/mol. The summed E-state index contributed by atoms with van der Waals surface area (Å²) in [5, 5.41) is 2.72. The van der Waals surface area contributed by atoms with Gasteiger partial charge in [-0.3, -0.25) is 19.3 Å². The van der Waals surface area contributed by atoms with Crippen molar-refractivity contribution in [3.05, 3.63) is 59.7 Å². The van der Waals surface area contributed by atoms with Crippen LogP contribution in [0.4, 0.5) is 5.69 Å². The number of imide groups is 1. The molecule has 3 amide bonds. The minimum atomic E-state index is -0.392. The van der Waals surface area contributed by atoms with E-state index in [-0.39, 0.29) is 23.1 Å². The molecule has 23 heavy (non-hydrogen) atoms. The number of fused-ring (bicyclic) bond motifs is 1. The molecule has 116 valence electrons. The van der Waals surface area contributed by atoms with E-state index in [1.165, 1.54) is 18.8 Å². The summed E-state index contributed by atoms with van der Waals surface area (Å²) in [7, 11) is 1.43. The molecule has 1 N–H and O–H groups in total. The van der Waals surface area contributed by atoms with Crippen LogP contribution in [0.3, 0.4) is 0 Å². The van der Waals surface area contributed by atoms with E-state index in [9.17, 15) is 14.4 Å². The number of amides is 3. The van der Waals surface area contributed by atoms with E-state index in [1.54, 1.807) is 18.2 Å². The molecule has 3 rings (SSSR count). The van der Waals surface area contributed by atoms with Crippen molar-refractivity contribution in [2.45, 2.75) is 4.90 Å². The molecule has 0 fully saturated rings. The van der Waals surface area contributed by atoms with Gasteiger partial charge in [0.25, 0.3) is 11.8 Å². The topological polar surface area (TPSA) is 66.5 Å². The standard InChI is InChI=1S/C17H14N2O3S/c1-19-16(21)12-8-5-9-13(15(12)17(19)22)18-14(20)10-23-11-6-3-2-4-7-11/h2-9H,10H2,1H3,(H,18,20). The first-order valence-electron chi connectivity index (χ1n) is 7.01. The zero-order valence-corrected chi connectivity index (χ0v) is 13.2. The van der Waals surface area contributed by atoms with Crippen LogP contribution in [0.2, 0.25) is 0 Å². The van der Waals surface area contributed by atoms with Crippen LogP contribution in [0.25, 0.3) is 0 Å². The highest BCUT2D eigenvalue weighted by Crippen LogP contribution is 2.28. The van der Waals surface area contributed by atoms with Crippen LogP contribution < -0.4 is 5.32 Å². The number of thioether (sulfide) groups is 1. The van der Waals surface area contributed by atoms with Gasteiger partial charge in [-0.05, 0) is 24.3 Å². The molecule has 5 nitrogen and oxygen atoms in total. The highest BCUT2D eigenvalue weighted by molar-refractivity contribution is 8.00. The summed E-state index contributed by atoms with van der Waals surface area (Å²) in [6.45, 7) is 0. The largest absolute Gasteiger partial charge is 0.325 e. The second kappa shape index (κ2) is 6.26. The molecular formula is C17H14N2O3S. The van der Waals surface area contributed by atoms with Crippen LogP contribution >= 0.6 is 11.8 Å². The van der Waals surface area contributed by atoms with E-state index in [2.05, 4.69) is 5.32 Å². The molecule has 0 bridgehead atoms. The van der Waals surface area contributed by atoms with E-state index in [0.29, 0.717) is 11.3 Å². The van der Waals surface area contributed by atoms with Gasteiger partial charge in [-0.15, -0.1) is 11.8 Å². The van der Waals surface area contributed by atoms with E-state index >= 15 is 0 Å². The first-order chi connectivity index (χ1) is 11.1. The summed E-state index contributed by atoms with van der Waals surface area (Å²) < 4.78 is 0. The van der Waals surface area contributed by atoms with Gasteiger partial charge in [0.05, 0.1) is 22.6 Å². The van der Waals surface area contributed by atoms with Gasteiger partial charge in [0, 0.05) is 11.9 Å². The summed E-state index contributed by atoms with van der Waals surface area (Å²) in [6, 6.07) is 14.5. The van der Waals surface area contributed by atoms with Crippen LogP contribution in [-0.2, 0) is 4.79 Å². The van der Waals surface area contributed by atoms with Crippen molar-refractivity contribution in [1.82, 2.24) is 4.90 Å². The second-order valence-electron chi connectivity index (χ2n) is 5.05. The van der Waals surface area contributed by atoms with E-state index in [4.69, 9.17) is 0 Å². The third kappa shape index (κ3) is 2.98. The maximum absolute atomic E-state index is 12.1. The van der Waals surface area contributed by atoms with Crippen LogP contribution in [0.15, 0.2) is 53.4 Å². The van der Waals surface area contributed by atoms with Gasteiger partial charge in [0.1, 0.15) is 0 Å². The van der Waals surface area contributed by atoms with Crippen molar-refractivity contribution in [3.63, 3.8) is 0 Å². The molecule has 1 aliphatic rings. The normalized spacial score (nSPS) is 13.2. The molecule has 1 aliphatic heterocycles. The predicted octanol–water partition coefficient (Wildman–Crippen LogP) is 2.64. The third-order valence-electron chi connectivity index (χ3n) is 3.51. The maximum Gasteiger partial charge on any atom is 0.263 e. The van der Waals surface area contributed by atoms with Gasteiger partial charge in [0.15, 0.2) is 0 Å². The molecule has 0 aromatic heterocycles. The van der Waals surface area contributed by atoms with Gasteiger partial charge in [0.2, 0.25) is 5.91 Å². The Morgan fingerprint density at radius 1 is 1.04 bits per heavy atom. The van der Waals surface area contributed by atoms with Gasteiger partial charge in [-0.2, -0.15) is 0 Å². The Labute approximate surface area is 137 Å². The Balaban J connectivity index is 1.73. The van der Waals surface area contributed by atoms with Gasteiger partial charge >= 0.3 is 0 Å². The van der Waals surface area contributed by atoms with Crippen LogP contribution in [0, 0.1) is 0 Å². The number of carbonyl (C=O) groups is 3. The van der Waals surface area contributed by atoms with E-state index in [1.807, 2.05) is 30.3 Å². The number of nitrogens with one attached hydrogen (secondary N) is 1. The molecule has 0 aliphatic carbocycles. The molecule has 6 heteroatoms. The Kier molecular flexibility index (Phi) is 4.16. The van der Waals surface area contributed by atoms with Crippen molar-refractivity contribution in [3.8, 4) is 0 Å². The number of carbonyl (C=O) groups excluding carboxylic acids is 3. The number of nitrogens with zero attached hydrogens (tertiary/aromatic N) is 1. The molecule has 0 unspecified atom stereocenters. The molecule has 0 atom stereocenters. The van der Waals surface area contributed by atoms with E-state index < -0.39 is 5.91 Å². The summed E-state index contributed by atoms with van der Waals surface area (Å²) >= 11 is 1.41. The smallest absolute Gasteiger partial charge is 0.263 e. The zero-order chi connectivity index (χ0) is 16.4. The fourth-order valence-corrected chi connectivity index (χ4v) is 3.08. The maximum atomic E-state index is 12.1. The summed E-state index contributed by atoms with van der Waals surface area (Å²) in [6.07, 6.45) is 0. The number of rotatable bonds is 4. The number of hydrogen-bond donors (Lipinski definition) is 1. The first-order valence-corrected chi connectivity index (χ1v) is 7.99. The lowest BCUT2D eigenvalue weighted by atomic mass is 10.1. The molecule has 1 heterocycles. The number of hydrogen-bond acceptors (Lipinski definition) is 4. The molecule has 2 aromatic carbocycles. The van der Waals surface area contributed by atoms with Crippen molar-refractivity contribution in [1.29, 1.82) is 0 Å². The van der Waals surface area contributed by atoms with Gasteiger partial charge < -0.3 is 5.32 Å². The molecule has 0 saturated heterocycles. The summed E-state index contributed by atoms with van der Waals surface area (Å²) in [4.78, 5) is 38.2. The van der Waals surface area contributed by atoms with Crippen LogP contribution in [0.5, 0.6) is 0 Å². The summed E-state index contributed by atoms with van der Waals surface area (Å²) in [5.41, 5.74) is 0.966. The minimum absolute atomic E-state index is 0.220. The summed E-state index contributed by atoms with van der Waals surface area (Å²) in [5.74, 6) is -0.732. The third-order valence-corrected chi connectivity index (χ3v) is 4.52. The van der Waals surface area contributed by atoms with Crippen molar-refractivity contribution in [2.24, 2.45) is 0 Å². The first kappa shape index (κ1) is 15.3. The molecule has 2 aromatic rings. The molecule has 0 spiro atoms. The fourth-order valence-electron chi connectivity index (χ4n) is 2.36. The van der Waals surface area contributed by atoms with Gasteiger partial charge in [-0.25, -0.2) is 0 Å². The Bertz CT molecular complexity index is 790. The van der Waals surface area contributed by atoms with Crippen LogP contribution in [-0.4, -0.2) is 35.4 Å².